The van der Waals surface area contributed by atoms with E-state index in [1.54, 1.807) is 18.8 Å². The Bertz CT molecular complexity index is 1250. The number of anilines is 1. The Morgan fingerprint density at radius 3 is 2.25 bits per heavy atom. The van der Waals surface area contributed by atoms with Crippen LogP contribution in [0.2, 0.25) is 0 Å². The molecule has 0 aliphatic carbocycles. The van der Waals surface area contributed by atoms with Crippen molar-refractivity contribution in [1.82, 2.24) is 28.7 Å². The van der Waals surface area contributed by atoms with E-state index in [1.165, 1.54) is 18.0 Å². The van der Waals surface area contributed by atoms with Crippen molar-refractivity contribution in [2.75, 3.05) is 23.7 Å². The van der Waals surface area contributed by atoms with E-state index in [0.717, 1.165) is 40.1 Å². The zero-order valence-corrected chi connectivity index (χ0v) is 20.4. The lowest BCUT2D eigenvalue weighted by Crippen LogP contribution is -2.40. The van der Waals surface area contributed by atoms with Gasteiger partial charge in [-0.3, -0.25) is 13.9 Å². The van der Waals surface area contributed by atoms with Crippen molar-refractivity contribution < 1.29 is 0 Å². The molecule has 172 valence electrons. The first-order valence-electron chi connectivity index (χ1n) is 11.0. The fraction of sp³-hybridized carbons (Fsp3) is 0.591. The number of aryl methyl sites for hydroxylation is 4. The molecule has 0 saturated carbocycles. The van der Waals surface area contributed by atoms with Crippen LogP contribution in [0.5, 0.6) is 0 Å². The van der Waals surface area contributed by atoms with Gasteiger partial charge in [-0.2, -0.15) is 4.98 Å². The maximum Gasteiger partial charge on any atom is 0.332 e. The second-order valence-electron chi connectivity index (χ2n) is 9.07. The third kappa shape index (κ3) is 4.20. The van der Waals surface area contributed by atoms with Crippen LogP contribution in [0.15, 0.2) is 20.8 Å². The van der Waals surface area contributed by atoms with Gasteiger partial charge in [0.15, 0.2) is 16.3 Å². The first-order chi connectivity index (χ1) is 15.2. The minimum absolute atomic E-state index is 0.312. The smallest absolute Gasteiger partial charge is 0.332 e. The Morgan fingerprint density at radius 2 is 1.62 bits per heavy atom. The van der Waals surface area contributed by atoms with Crippen LogP contribution < -0.4 is 16.1 Å². The monoisotopic (exact) mass is 457 g/mol. The SMILES string of the molecule is Cc1cc(C)nc(SCCn2c(N3C[C@H](C)C[C@H](C)C3)nc3c2c(=O)n(C)c(=O)n3C)n1. The van der Waals surface area contributed by atoms with E-state index < -0.39 is 0 Å². The van der Waals surface area contributed by atoms with Gasteiger partial charge < -0.3 is 9.47 Å². The third-order valence-corrected chi connectivity index (χ3v) is 6.81. The average Bonchev–Trinajstić information content (AvgIpc) is 3.09. The molecule has 1 saturated heterocycles. The highest BCUT2D eigenvalue weighted by Gasteiger charge is 2.28. The van der Waals surface area contributed by atoms with Crippen LogP contribution in [-0.4, -0.2) is 47.5 Å². The van der Waals surface area contributed by atoms with Crippen molar-refractivity contribution in [2.24, 2.45) is 25.9 Å². The molecule has 32 heavy (non-hydrogen) atoms. The van der Waals surface area contributed by atoms with Crippen LogP contribution in [0.25, 0.3) is 11.2 Å². The van der Waals surface area contributed by atoms with Crippen LogP contribution >= 0.6 is 11.8 Å². The van der Waals surface area contributed by atoms with Crippen LogP contribution in [-0.2, 0) is 20.6 Å². The summed E-state index contributed by atoms with van der Waals surface area (Å²) in [6, 6.07) is 1.95. The van der Waals surface area contributed by atoms with E-state index in [1.807, 2.05) is 24.5 Å². The zero-order valence-electron chi connectivity index (χ0n) is 19.6. The van der Waals surface area contributed by atoms with E-state index in [4.69, 9.17) is 4.98 Å². The second kappa shape index (κ2) is 8.73. The Balaban J connectivity index is 1.76. The molecule has 0 spiro atoms. The standard InChI is InChI=1S/C22H31N7O2S/c1-13-9-14(2)12-28(11-13)21-25-18-17(19(30)27(6)22(31)26(18)5)29(21)7-8-32-20-23-15(3)10-16(4)24-20/h10,13-14H,7-9,11-12H2,1-6H3/t13-,14+. The largest absolute Gasteiger partial charge is 0.342 e. The van der Waals surface area contributed by atoms with Gasteiger partial charge in [-0.15, -0.1) is 0 Å². The second-order valence-corrected chi connectivity index (χ2v) is 10.1. The molecule has 0 bridgehead atoms. The lowest BCUT2D eigenvalue weighted by Gasteiger charge is -2.35. The van der Waals surface area contributed by atoms with E-state index in [-0.39, 0.29) is 11.2 Å². The maximum atomic E-state index is 13.1. The molecule has 2 atom stereocenters. The Hall–Kier alpha value is -2.62. The molecular weight excluding hydrogens is 426 g/mol. The Morgan fingerprint density at radius 1 is 1.00 bits per heavy atom. The summed E-state index contributed by atoms with van der Waals surface area (Å²) in [6.45, 7) is 10.8. The maximum absolute atomic E-state index is 13.1. The number of fused-ring (bicyclic) bond motifs is 1. The molecule has 4 rings (SSSR count). The molecule has 1 fully saturated rings. The van der Waals surface area contributed by atoms with Gasteiger partial charge >= 0.3 is 5.69 Å². The van der Waals surface area contributed by atoms with E-state index in [2.05, 4.69) is 28.7 Å². The molecule has 0 radical (unpaired) electrons. The molecule has 0 unspecified atom stereocenters. The van der Waals surface area contributed by atoms with Gasteiger partial charge in [0.2, 0.25) is 5.95 Å². The molecule has 1 aliphatic heterocycles. The van der Waals surface area contributed by atoms with Gasteiger partial charge in [0.05, 0.1) is 0 Å². The number of piperidine rings is 1. The van der Waals surface area contributed by atoms with Crippen molar-refractivity contribution in [3.05, 3.63) is 38.3 Å². The number of nitrogens with zero attached hydrogens (tertiary/aromatic N) is 7. The van der Waals surface area contributed by atoms with Crippen LogP contribution in [0, 0.1) is 25.7 Å². The van der Waals surface area contributed by atoms with Gasteiger partial charge in [-0.25, -0.2) is 14.8 Å². The summed E-state index contributed by atoms with van der Waals surface area (Å²) in [5.74, 6) is 2.53. The van der Waals surface area contributed by atoms with Crippen LogP contribution in [0.4, 0.5) is 5.95 Å². The minimum atomic E-state index is -0.364. The summed E-state index contributed by atoms with van der Waals surface area (Å²) in [5.41, 5.74) is 2.11. The average molecular weight is 458 g/mol. The molecule has 4 heterocycles. The summed E-state index contributed by atoms with van der Waals surface area (Å²) < 4.78 is 4.61. The molecule has 3 aromatic heterocycles. The summed E-state index contributed by atoms with van der Waals surface area (Å²) in [5, 5.41) is 0.731. The normalized spacial score (nSPS) is 19.1. The number of imidazole rings is 1. The van der Waals surface area contributed by atoms with Gasteiger partial charge in [-0.1, -0.05) is 25.6 Å². The van der Waals surface area contributed by atoms with Crippen molar-refractivity contribution in [3.63, 3.8) is 0 Å². The summed E-state index contributed by atoms with van der Waals surface area (Å²) in [7, 11) is 3.19. The first kappa shape index (κ1) is 22.6. The van der Waals surface area contributed by atoms with Gasteiger partial charge in [0, 0.05) is 50.9 Å². The van der Waals surface area contributed by atoms with Gasteiger partial charge in [-0.05, 0) is 38.2 Å². The highest BCUT2D eigenvalue weighted by atomic mass is 32.2. The van der Waals surface area contributed by atoms with Crippen LogP contribution in [0.3, 0.4) is 0 Å². The number of hydrogen-bond acceptors (Lipinski definition) is 7. The lowest BCUT2D eigenvalue weighted by molar-refractivity contribution is 0.352. The van der Waals surface area contributed by atoms with Crippen molar-refractivity contribution >= 4 is 28.9 Å². The summed E-state index contributed by atoms with van der Waals surface area (Å²) in [6.07, 6.45) is 1.18. The lowest BCUT2D eigenvalue weighted by atomic mass is 9.92. The van der Waals surface area contributed by atoms with E-state index in [0.29, 0.717) is 35.3 Å². The van der Waals surface area contributed by atoms with E-state index >= 15 is 0 Å². The number of aromatic nitrogens is 6. The minimum Gasteiger partial charge on any atom is -0.342 e. The van der Waals surface area contributed by atoms with Crippen molar-refractivity contribution in [2.45, 2.75) is 45.8 Å². The molecule has 0 amide bonds. The molecule has 10 heteroatoms. The predicted molar refractivity (Wildman–Crippen MR) is 128 cm³/mol. The summed E-state index contributed by atoms with van der Waals surface area (Å²) in [4.78, 5) is 41.7. The fourth-order valence-electron chi connectivity index (χ4n) is 4.70. The molecule has 0 aromatic carbocycles. The van der Waals surface area contributed by atoms with E-state index in [9.17, 15) is 9.59 Å². The van der Waals surface area contributed by atoms with Crippen LogP contribution in [0.1, 0.15) is 31.7 Å². The molecule has 9 nitrogen and oxygen atoms in total. The predicted octanol–water partition coefficient (Wildman–Crippen LogP) is 2.12. The van der Waals surface area contributed by atoms with Crippen molar-refractivity contribution in [1.29, 1.82) is 0 Å². The number of hydrogen-bond donors (Lipinski definition) is 0. The number of rotatable bonds is 5. The Kier molecular flexibility index (Phi) is 6.15. The molecular formula is C22H31N7O2S. The highest BCUT2D eigenvalue weighted by Crippen LogP contribution is 2.28. The van der Waals surface area contributed by atoms with Gasteiger partial charge in [0.25, 0.3) is 5.56 Å². The van der Waals surface area contributed by atoms with Crippen molar-refractivity contribution in [3.8, 4) is 0 Å². The quantitative estimate of drug-likeness (QED) is 0.428. The number of thioether (sulfide) groups is 1. The molecule has 0 N–H and O–H groups in total. The molecule has 1 aliphatic rings. The highest BCUT2D eigenvalue weighted by molar-refractivity contribution is 7.99. The third-order valence-electron chi connectivity index (χ3n) is 5.99. The van der Waals surface area contributed by atoms with Gasteiger partial charge in [0.1, 0.15) is 0 Å². The molecule has 3 aromatic rings. The summed E-state index contributed by atoms with van der Waals surface area (Å²) >= 11 is 1.56. The fourth-order valence-corrected chi connectivity index (χ4v) is 5.57. The first-order valence-corrected chi connectivity index (χ1v) is 12.0. The zero-order chi connectivity index (χ0) is 23.2. The topological polar surface area (TPSA) is 90.8 Å². The Labute approximate surface area is 191 Å².